The monoisotopic (exact) mass is 248 g/mol. The van der Waals surface area contributed by atoms with E-state index in [0.29, 0.717) is 12.2 Å². The van der Waals surface area contributed by atoms with Crippen LogP contribution in [0.4, 0.5) is 0 Å². The maximum Gasteiger partial charge on any atom is 0.186 e. The zero-order chi connectivity index (χ0) is 12.3. The van der Waals surface area contributed by atoms with Gasteiger partial charge in [-0.2, -0.15) is 0 Å². The van der Waals surface area contributed by atoms with Crippen molar-refractivity contribution in [3.05, 3.63) is 45.9 Å². The molecular weight excluding hydrogens is 236 g/mol. The van der Waals surface area contributed by atoms with Gasteiger partial charge < -0.3 is 10.8 Å². The van der Waals surface area contributed by atoms with Crippen LogP contribution in [-0.2, 0) is 13.0 Å². The second-order valence-corrected chi connectivity index (χ2v) is 4.54. The first-order chi connectivity index (χ1) is 8.19. The Morgan fingerprint density at radius 3 is 2.94 bits per heavy atom. The van der Waals surface area contributed by atoms with E-state index < -0.39 is 0 Å². The topological polar surface area (TPSA) is 76.2 Å². The minimum absolute atomic E-state index is 0.0634. The van der Waals surface area contributed by atoms with E-state index in [1.54, 1.807) is 29.6 Å². The molecule has 0 aliphatic carbocycles. The van der Waals surface area contributed by atoms with E-state index in [0.717, 1.165) is 10.6 Å². The van der Waals surface area contributed by atoms with Crippen molar-refractivity contribution in [3.8, 4) is 5.75 Å². The molecule has 1 heterocycles. The molecular formula is C12H12N2O2S. The van der Waals surface area contributed by atoms with Crippen LogP contribution in [0.5, 0.6) is 5.75 Å². The Bertz CT molecular complexity index is 537. The van der Waals surface area contributed by atoms with Crippen LogP contribution in [0.15, 0.2) is 29.6 Å². The normalized spacial score (nSPS) is 10.4. The number of nitrogens with zero attached hydrogens (tertiary/aromatic N) is 1. The van der Waals surface area contributed by atoms with Crippen molar-refractivity contribution in [2.24, 2.45) is 5.73 Å². The Kier molecular flexibility index (Phi) is 3.51. The number of carbonyl (C=O) groups excluding carboxylic acids is 1. The number of Topliss-reactive ketones (excluding diaryl/α,β-unsaturated/α-hetero) is 1. The number of benzene rings is 1. The van der Waals surface area contributed by atoms with Crippen molar-refractivity contribution >= 4 is 17.1 Å². The van der Waals surface area contributed by atoms with E-state index in [4.69, 9.17) is 5.73 Å². The number of rotatable bonds is 4. The van der Waals surface area contributed by atoms with E-state index in [2.05, 4.69) is 4.98 Å². The number of hydrogen-bond acceptors (Lipinski definition) is 5. The molecule has 0 bridgehead atoms. The van der Waals surface area contributed by atoms with Crippen LogP contribution >= 0.6 is 11.3 Å². The summed E-state index contributed by atoms with van der Waals surface area (Å²) in [6.45, 7) is 0.351. The van der Waals surface area contributed by atoms with Crippen LogP contribution in [0.2, 0.25) is 0 Å². The first-order valence-corrected chi connectivity index (χ1v) is 6.02. The molecule has 0 saturated heterocycles. The number of aromatic hydroxyl groups is 1. The summed E-state index contributed by atoms with van der Waals surface area (Å²) < 4.78 is 0. The summed E-state index contributed by atoms with van der Waals surface area (Å²) in [5.41, 5.74) is 6.66. The van der Waals surface area contributed by atoms with Gasteiger partial charge in [0.25, 0.3) is 0 Å². The van der Waals surface area contributed by atoms with Gasteiger partial charge in [-0.05, 0) is 17.7 Å². The van der Waals surface area contributed by atoms with Crippen molar-refractivity contribution in [1.29, 1.82) is 0 Å². The van der Waals surface area contributed by atoms with Gasteiger partial charge in [0.1, 0.15) is 16.5 Å². The van der Waals surface area contributed by atoms with Gasteiger partial charge in [0.05, 0.1) is 0 Å². The van der Waals surface area contributed by atoms with Crippen molar-refractivity contribution in [2.75, 3.05) is 0 Å². The predicted octanol–water partition coefficient (Wildman–Crippen LogP) is 1.73. The predicted molar refractivity (Wildman–Crippen MR) is 66.1 cm³/mol. The number of phenolic OH excluding ortho intramolecular Hbond substituents is 1. The van der Waals surface area contributed by atoms with E-state index in [-0.39, 0.29) is 18.0 Å². The van der Waals surface area contributed by atoms with Crippen LogP contribution in [-0.4, -0.2) is 15.9 Å². The molecule has 5 heteroatoms. The van der Waals surface area contributed by atoms with Crippen molar-refractivity contribution < 1.29 is 9.90 Å². The zero-order valence-electron chi connectivity index (χ0n) is 9.09. The zero-order valence-corrected chi connectivity index (χ0v) is 9.91. The van der Waals surface area contributed by atoms with Gasteiger partial charge >= 0.3 is 0 Å². The Morgan fingerprint density at radius 2 is 2.29 bits per heavy atom. The van der Waals surface area contributed by atoms with Gasteiger partial charge in [-0.25, -0.2) is 4.98 Å². The van der Waals surface area contributed by atoms with Crippen LogP contribution in [0.25, 0.3) is 0 Å². The Morgan fingerprint density at radius 1 is 1.47 bits per heavy atom. The summed E-state index contributed by atoms with van der Waals surface area (Å²) in [6.07, 6.45) is 0.238. The molecule has 0 spiro atoms. The molecule has 1 aromatic carbocycles. The molecule has 1 aromatic heterocycles. The minimum atomic E-state index is -0.0634. The number of aromatic nitrogens is 1. The third-order valence-corrected chi connectivity index (χ3v) is 3.16. The molecule has 0 fully saturated rings. The fraction of sp³-hybridized carbons (Fsp3) is 0.167. The summed E-state index contributed by atoms with van der Waals surface area (Å²) >= 11 is 1.39. The molecule has 0 aliphatic heterocycles. The average Bonchev–Trinajstić information content (AvgIpc) is 2.77. The standard InChI is InChI=1S/C12H12N2O2S/c13-6-12-14-10(7-17-12)11(16)5-8-2-1-3-9(15)4-8/h1-4,7,15H,5-6,13H2. The van der Waals surface area contributed by atoms with E-state index in [1.165, 1.54) is 11.3 Å². The lowest BCUT2D eigenvalue weighted by atomic mass is 10.1. The van der Waals surface area contributed by atoms with Crippen LogP contribution in [0.3, 0.4) is 0 Å². The minimum Gasteiger partial charge on any atom is -0.508 e. The molecule has 3 N–H and O–H groups in total. The Balaban J connectivity index is 2.11. The molecule has 0 atom stereocenters. The van der Waals surface area contributed by atoms with Crippen LogP contribution in [0, 0.1) is 0 Å². The number of carbonyl (C=O) groups is 1. The molecule has 4 nitrogen and oxygen atoms in total. The first kappa shape index (κ1) is 11.8. The highest BCUT2D eigenvalue weighted by Gasteiger charge is 2.11. The fourth-order valence-electron chi connectivity index (χ4n) is 1.48. The largest absolute Gasteiger partial charge is 0.508 e. The van der Waals surface area contributed by atoms with Crippen molar-refractivity contribution in [2.45, 2.75) is 13.0 Å². The lowest BCUT2D eigenvalue weighted by molar-refractivity contribution is 0.0988. The van der Waals surface area contributed by atoms with Gasteiger partial charge in [0.2, 0.25) is 0 Å². The van der Waals surface area contributed by atoms with Gasteiger partial charge in [-0.3, -0.25) is 4.79 Å². The van der Waals surface area contributed by atoms with Crippen molar-refractivity contribution in [3.63, 3.8) is 0 Å². The van der Waals surface area contributed by atoms with Crippen molar-refractivity contribution in [1.82, 2.24) is 4.98 Å². The first-order valence-electron chi connectivity index (χ1n) is 5.14. The third-order valence-electron chi connectivity index (χ3n) is 2.29. The highest BCUT2D eigenvalue weighted by atomic mass is 32.1. The molecule has 0 aliphatic rings. The lowest BCUT2D eigenvalue weighted by Crippen LogP contribution is -2.05. The SMILES string of the molecule is NCc1nc(C(=O)Cc2cccc(O)c2)cs1. The molecule has 2 rings (SSSR count). The molecule has 0 saturated carbocycles. The third kappa shape index (κ3) is 2.89. The molecule has 0 amide bonds. The maximum absolute atomic E-state index is 11.9. The van der Waals surface area contributed by atoms with E-state index >= 15 is 0 Å². The number of thiazole rings is 1. The number of hydrogen-bond donors (Lipinski definition) is 2. The summed E-state index contributed by atoms with van der Waals surface area (Å²) in [4.78, 5) is 16.0. The highest BCUT2D eigenvalue weighted by Crippen LogP contribution is 2.15. The van der Waals surface area contributed by atoms with Gasteiger partial charge in [0.15, 0.2) is 5.78 Å². The van der Waals surface area contributed by atoms with Gasteiger partial charge in [-0.15, -0.1) is 11.3 Å². The van der Waals surface area contributed by atoms with Crippen LogP contribution in [0.1, 0.15) is 21.1 Å². The smallest absolute Gasteiger partial charge is 0.186 e. The second kappa shape index (κ2) is 5.07. The van der Waals surface area contributed by atoms with Gasteiger partial charge in [-0.1, -0.05) is 12.1 Å². The lowest BCUT2D eigenvalue weighted by Gasteiger charge is -1.99. The summed E-state index contributed by atoms with van der Waals surface area (Å²) in [7, 11) is 0. The Hall–Kier alpha value is -1.72. The fourth-order valence-corrected chi connectivity index (χ4v) is 2.15. The molecule has 0 radical (unpaired) electrons. The second-order valence-electron chi connectivity index (χ2n) is 3.60. The maximum atomic E-state index is 11.9. The van der Waals surface area contributed by atoms with E-state index in [1.807, 2.05) is 0 Å². The Labute approximate surface area is 103 Å². The van der Waals surface area contributed by atoms with E-state index in [9.17, 15) is 9.90 Å². The summed E-state index contributed by atoms with van der Waals surface area (Å²) in [6, 6.07) is 6.66. The summed E-state index contributed by atoms with van der Waals surface area (Å²) in [5.74, 6) is 0.0998. The van der Waals surface area contributed by atoms with Crippen LogP contribution < -0.4 is 5.73 Å². The number of nitrogens with two attached hydrogens (primary N) is 1. The number of phenols is 1. The molecule has 88 valence electrons. The molecule has 2 aromatic rings. The molecule has 17 heavy (non-hydrogen) atoms. The number of ketones is 1. The molecule has 0 unspecified atom stereocenters. The average molecular weight is 248 g/mol. The summed E-state index contributed by atoms with van der Waals surface area (Å²) in [5, 5.41) is 11.8. The quantitative estimate of drug-likeness (QED) is 0.808. The highest BCUT2D eigenvalue weighted by molar-refractivity contribution is 7.09. The van der Waals surface area contributed by atoms with Gasteiger partial charge in [0, 0.05) is 18.3 Å².